The van der Waals surface area contributed by atoms with Crippen molar-refractivity contribution >= 4 is 16.7 Å². The van der Waals surface area contributed by atoms with Gasteiger partial charge in [0.25, 0.3) is 0 Å². The van der Waals surface area contributed by atoms with Gasteiger partial charge in [0.2, 0.25) is 0 Å². The Morgan fingerprint density at radius 2 is 2.03 bits per heavy atom. The van der Waals surface area contributed by atoms with Gasteiger partial charge in [0.1, 0.15) is 5.76 Å². The molecule has 4 aromatic rings. The molecule has 0 spiro atoms. The van der Waals surface area contributed by atoms with Crippen molar-refractivity contribution in [3.8, 4) is 11.3 Å². The van der Waals surface area contributed by atoms with Crippen LogP contribution >= 0.6 is 0 Å². The topological polar surface area (TPSA) is 110 Å². The monoisotopic (exact) mass is 415 g/mol. The molecule has 6 rings (SSSR count). The van der Waals surface area contributed by atoms with Gasteiger partial charge in [0.15, 0.2) is 11.6 Å². The summed E-state index contributed by atoms with van der Waals surface area (Å²) in [6.45, 7) is 4.80. The van der Waals surface area contributed by atoms with Gasteiger partial charge in [0.05, 0.1) is 30.5 Å². The van der Waals surface area contributed by atoms with E-state index in [2.05, 4.69) is 50.4 Å². The van der Waals surface area contributed by atoms with E-state index >= 15 is 0 Å². The highest BCUT2D eigenvalue weighted by molar-refractivity contribution is 5.99. The third kappa shape index (κ3) is 2.97. The fourth-order valence-corrected chi connectivity index (χ4v) is 4.92. The summed E-state index contributed by atoms with van der Waals surface area (Å²) in [6.07, 6.45) is 8.20. The molecular formula is C23H25N7O. The van der Waals surface area contributed by atoms with Crippen LogP contribution in [0.25, 0.3) is 22.2 Å². The quantitative estimate of drug-likeness (QED) is 0.476. The molecule has 0 amide bonds. The minimum Gasteiger partial charge on any atom is -0.452 e. The Hall–Kier alpha value is -3.39. The van der Waals surface area contributed by atoms with Crippen molar-refractivity contribution in [2.75, 3.05) is 19.6 Å². The Morgan fingerprint density at radius 1 is 1.16 bits per heavy atom. The lowest BCUT2D eigenvalue weighted by molar-refractivity contribution is 0.343. The Bertz CT molecular complexity index is 1290. The summed E-state index contributed by atoms with van der Waals surface area (Å²) in [4.78, 5) is 4.58. The van der Waals surface area contributed by atoms with Crippen molar-refractivity contribution in [2.24, 2.45) is 10.7 Å². The number of benzene rings is 1. The molecule has 3 aromatic heterocycles. The van der Waals surface area contributed by atoms with Crippen molar-refractivity contribution in [3.63, 3.8) is 0 Å². The number of nitrogens with two attached hydrogens (primary N) is 1. The fraction of sp³-hybridized carbons (Fsp3) is 0.348. The van der Waals surface area contributed by atoms with E-state index in [1.54, 1.807) is 0 Å². The highest BCUT2D eigenvalue weighted by atomic mass is 16.3. The molecule has 1 unspecified atom stereocenters. The Labute approximate surface area is 179 Å². The number of hydrogen-bond acceptors (Lipinski definition) is 6. The molecular weight excluding hydrogens is 390 g/mol. The van der Waals surface area contributed by atoms with Crippen molar-refractivity contribution in [1.29, 1.82) is 0 Å². The third-order valence-corrected chi connectivity index (χ3v) is 6.63. The predicted molar refractivity (Wildman–Crippen MR) is 119 cm³/mol. The van der Waals surface area contributed by atoms with Crippen LogP contribution in [0.15, 0.2) is 46.2 Å². The Morgan fingerprint density at radius 3 is 2.90 bits per heavy atom. The smallest absolute Gasteiger partial charge is 0.173 e. The first-order valence-corrected chi connectivity index (χ1v) is 10.8. The molecule has 1 aromatic carbocycles. The molecule has 0 saturated carbocycles. The van der Waals surface area contributed by atoms with E-state index in [1.165, 1.54) is 0 Å². The zero-order chi connectivity index (χ0) is 20.9. The number of fused-ring (bicyclic) bond motifs is 2. The van der Waals surface area contributed by atoms with Crippen LogP contribution in [0, 0.1) is 6.92 Å². The van der Waals surface area contributed by atoms with Gasteiger partial charge in [0, 0.05) is 34.2 Å². The molecule has 8 heteroatoms. The number of hydrogen-bond donors (Lipinski definition) is 3. The predicted octanol–water partition coefficient (Wildman–Crippen LogP) is 3.10. The average Bonchev–Trinajstić information content (AvgIpc) is 3.54. The summed E-state index contributed by atoms with van der Waals surface area (Å²) >= 11 is 0. The minimum absolute atomic E-state index is 0.0907. The number of aromatic nitrogens is 4. The molecule has 8 nitrogen and oxygen atoms in total. The van der Waals surface area contributed by atoms with Crippen molar-refractivity contribution in [2.45, 2.75) is 31.7 Å². The van der Waals surface area contributed by atoms with Crippen LogP contribution < -0.4 is 11.1 Å². The number of nitrogens with one attached hydrogen (secondary N) is 2. The molecule has 0 aliphatic carbocycles. The molecule has 1 atom stereocenters. The summed E-state index contributed by atoms with van der Waals surface area (Å²) in [5.41, 5.74) is 11.7. The minimum atomic E-state index is 0.0907. The first-order chi connectivity index (χ1) is 15.2. The van der Waals surface area contributed by atoms with Crippen molar-refractivity contribution < 1.29 is 4.42 Å². The number of amidine groups is 1. The average molecular weight is 416 g/mol. The standard InChI is InChI=1S/C23H25N7O/c1-13-20-18(16-10-28-30(12-16)17-4-6-25-7-5-17)11-26-23(24)22(20)31-21(13)14-2-3-19-15(8-14)9-27-29-19/h2-3,8-10,12,17-18,25H,4-7,11H2,1H3,(H2,24,26)(H,27,29). The molecule has 2 aliphatic rings. The van der Waals surface area contributed by atoms with Crippen LogP contribution in [-0.4, -0.2) is 45.4 Å². The van der Waals surface area contributed by atoms with Crippen molar-refractivity contribution in [1.82, 2.24) is 25.3 Å². The zero-order valence-electron chi connectivity index (χ0n) is 17.4. The first-order valence-electron chi connectivity index (χ1n) is 10.8. The maximum absolute atomic E-state index is 6.31. The number of nitrogens with zero attached hydrogens (tertiary/aromatic N) is 4. The number of rotatable bonds is 3. The lowest BCUT2D eigenvalue weighted by Crippen LogP contribution is -2.29. The normalized spacial score (nSPS) is 19.5. The summed E-state index contributed by atoms with van der Waals surface area (Å²) in [7, 11) is 0. The van der Waals surface area contributed by atoms with Gasteiger partial charge in [-0.3, -0.25) is 14.8 Å². The van der Waals surface area contributed by atoms with Gasteiger partial charge in [-0.1, -0.05) is 0 Å². The zero-order valence-corrected chi connectivity index (χ0v) is 17.4. The van der Waals surface area contributed by atoms with Crippen LogP contribution in [0.3, 0.4) is 0 Å². The second-order valence-electron chi connectivity index (χ2n) is 8.48. The summed E-state index contributed by atoms with van der Waals surface area (Å²) < 4.78 is 8.44. The van der Waals surface area contributed by atoms with E-state index in [0.29, 0.717) is 24.2 Å². The summed E-state index contributed by atoms with van der Waals surface area (Å²) in [6, 6.07) is 6.62. The van der Waals surface area contributed by atoms with Gasteiger partial charge in [-0.05, 0) is 56.6 Å². The Balaban J connectivity index is 1.41. The molecule has 1 saturated heterocycles. The number of furan rings is 1. The SMILES string of the molecule is Cc1c(-c2ccc3[nH]ncc3c2)oc2c1C(c1cnn(C3CCNCC3)c1)CN=C2N. The summed E-state index contributed by atoms with van der Waals surface area (Å²) in [5.74, 6) is 2.08. The van der Waals surface area contributed by atoms with Gasteiger partial charge in [-0.2, -0.15) is 10.2 Å². The molecule has 2 aliphatic heterocycles. The number of H-pyrrole nitrogens is 1. The Kier molecular flexibility index (Phi) is 4.21. The molecule has 31 heavy (non-hydrogen) atoms. The van der Waals surface area contributed by atoms with E-state index in [9.17, 15) is 0 Å². The third-order valence-electron chi connectivity index (χ3n) is 6.63. The second kappa shape index (κ2) is 7.09. The van der Waals surface area contributed by atoms with E-state index < -0.39 is 0 Å². The molecule has 5 heterocycles. The maximum Gasteiger partial charge on any atom is 0.173 e. The van der Waals surface area contributed by atoms with Crippen LogP contribution in [0.4, 0.5) is 0 Å². The van der Waals surface area contributed by atoms with Crippen LogP contribution in [-0.2, 0) is 0 Å². The van der Waals surface area contributed by atoms with Gasteiger partial charge >= 0.3 is 0 Å². The van der Waals surface area contributed by atoms with Crippen LogP contribution in [0.1, 0.15) is 47.3 Å². The van der Waals surface area contributed by atoms with Crippen LogP contribution in [0.2, 0.25) is 0 Å². The molecule has 0 radical (unpaired) electrons. The maximum atomic E-state index is 6.31. The largest absolute Gasteiger partial charge is 0.452 e. The van der Waals surface area contributed by atoms with Crippen LogP contribution in [0.5, 0.6) is 0 Å². The fourth-order valence-electron chi connectivity index (χ4n) is 4.92. The highest BCUT2D eigenvalue weighted by Crippen LogP contribution is 2.40. The van der Waals surface area contributed by atoms with E-state index in [4.69, 9.17) is 15.2 Å². The number of piperidine rings is 1. The molecule has 158 valence electrons. The molecule has 1 fully saturated rings. The van der Waals surface area contributed by atoms with Gasteiger partial charge in [-0.15, -0.1) is 0 Å². The number of aromatic amines is 1. The lowest BCUT2D eigenvalue weighted by atomic mass is 9.88. The second-order valence-corrected chi connectivity index (χ2v) is 8.48. The summed E-state index contributed by atoms with van der Waals surface area (Å²) in [5, 5.41) is 16.3. The molecule has 0 bridgehead atoms. The van der Waals surface area contributed by atoms with Gasteiger partial charge < -0.3 is 15.5 Å². The first kappa shape index (κ1) is 18.4. The van der Waals surface area contributed by atoms with E-state index in [1.807, 2.05) is 18.5 Å². The van der Waals surface area contributed by atoms with Crippen molar-refractivity contribution in [3.05, 3.63) is 59.2 Å². The number of aliphatic imine (C=N–C) groups is 1. The van der Waals surface area contributed by atoms with Gasteiger partial charge in [-0.25, -0.2) is 0 Å². The van der Waals surface area contributed by atoms with E-state index in [0.717, 1.165) is 64.8 Å². The lowest BCUT2D eigenvalue weighted by Gasteiger charge is -2.23. The molecule has 4 N–H and O–H groups in total. The van der Waals surface area contributed by atoms with E-state index in [-0.39, 0.29) is 5.92 Å². The highest BCUT2D eigenvalue weighted by Gasteiger charge is 2.32.